The molecular formula is C27H30FN5S. The van der Waals surface area contributed by atoms with Crippen LogP contribution in [0.15, 0.2) is 84.1 Å². The summed E-state index contributed by atoms with van der Waals surface area (Å²) >= 11 is 1.61. The molecule has 1 aliphatic rings. The molecule has 4 rings (SSSR count). The number of benzene rings is 2. The van der Waals surface area contributed by atoms with Crippen LogP contribution in [0.5, 0.6) is 0 Å². The Morgan fingerprint density at radius 3 is 2.56 bits per heavy atom. The van der Waals surface area contributed by atoms with E-state index >= 15 is 0 Å². The summed E-state index contributed by atoms with van der Waals surface area (Å²) in [6, 6.07) is 16.8. The lowest BCUT2D eigenvalue weighted by molar-refractivity contribution is 0.588. The molecule has 1 saturated heterocycles. The van der Waals surface area contributed by atoms with Gasteiger partial charge < -0.3 is 15.5 Å². The van der Waals surface area contributed by atoms with Gasteiger partial charge in [0, 0.05) is 37.8 Å². The maximum absolute atomic E-state index is 13.6. The zero-order chi connectivity index (χ0) is 23.9. The summed E-state index contributed by atoms with van der Waals surface area (Å²) in [5, 5.41) is 7.72. The fourth-order valence-corrected chi connectivity index (χ4v) is 4.96. The minimum absolute atomic E-state index is 0.0683. The van der Waals surface area contributed by atoms with Gasteiger partial charge in [-0.05, 0) is 49.8 Å². The van der Waals surface area contributed by atoms with Gasteiger partial charge in [-0.2, -0.15) is 0 Å². The second-order valence-corrected chi connectivity index (χ2v) is 9.12. The number of allylic oxidation sites excluding steroid dienone is 2. The van der Waals surface area contributed by atoms with Crippen LogP contribution in [0.3, 0.4) is 0 Å². The Bertz CT molecular complexity index is 1160. The lowest BCUT2D eigenvalue weighted by Crippen LogP contribution is -2.43. The number of aliphatic imine (C=N–C) groups is 1. The second kappa shape index (κ2) is 11.2. The molecule has 1 atom stereocenters. The Balaban J connectivity index is 1.69. The van der Waals surface area contributed by atoms with Crippen LogP contribution in [0, 0.1) is 5.82 Å². The average Bonchev–Trinajstić information content (AvgIpc) is 3.31. The third-order valence-electron chi connectivity index (χ3n) is 5.62. The average molecular weight is 476 g/mol. The molecule has 7 heteroatoms. The van der Waals surface area contributed by atoms with Crippen molar-refractivity contribution < 1.29 is 4.39 Å². The van der Waals surface area contributed by atoms with Gasteiger partial charge in [0.05, 0.1) is 16.3 Å². The number of hydrogen-bond acceptors (Lipinski definition) is 6. The summed E-state index contributed by atoms with van der Waals surface area (Å²) in [6.07, 6.45) is 3.94. The van der Waals surface area contributed by atoms with Gasteiger partial charge in [0.2, 0.25) is 0 Å². The topological polar surface area (TPSA) is 52.5 Å². The van der Waals surface area contributed by atoms with Crippen LogP contribution < -0.4 is 15.5 Å². The normalized spacial score (nSPS) is 15.5. The van der Waals surface area contributed by atoms with Gasteiger partial charge in [-0.3, -0.25) is 0 Å². The van der Waals surface area contributed by atoms with Crippen molar-refractivity contribution in [3.8, 4) is 11.3 Å². The summed E-state index contributed by atoms with van der Waals surface area (Å²) in [7, 11) is 0. The smallest absolute Gasteiger partial charge is 0.186 e. The maximum atomic E-state index is 13.6. The van der Waals surface area contributed by atoms with Crippen molar-refractivity contribution in [1.82, 2.24) is 15.6 Å². The molecule has 176 valence electrons. The number of thiazole rings is 1. The number of nitrogens with one attached hydrogen (secondary N) is 2. The second-order valence-electron chi connectivity index (χ2n) is 8.14. The lowest BCUT2D eigenvalue weighted by Gasteiger charge is -2.26. The summed E-state index contributed by atoms with van der Waals surface area (Å²) in [5.74, 6) is 0.310. The molecule has 0 aliphatic carbocycles. The van der Waals surface area contributed by atoms with E-state index in [1.807, 2.05) is 37.3 Å². The number of nitrogens with zero attached hydrogens (tertiary/aromatic N) is 3. The van der Waals surface area contributed by atoms with Crippen molar-refractivity contribution in [3.05, 3.63) is 95.4 Å². The molecule has 1 fully saturated rings. The van der Waals surface area contributed by atoms with E-state index < -0.39 is 0 Å². The molecule has 0 bridgehead atoms. The standard InChI is InChI=1S/C27H30FN5S/c1-4-8-24(31-20(3)30-19(2)21-9-6-5-7-10-21)26-25(22-11-13-23(28)14-12-22)32-27(34-26)33-17-15-29-16-18-33/h4-14,19,29-30H,3,15-18H2,1-2H3/b8-4-,31-24+. The zero-order valence-corrected chi connectivity index (χ0v) is 20.4. The highest BCUT2D eigenvalue weighted by molar-refractivity contribution is 7.18. The summed E-state index contributed by atoms with van der Waals surface area (Å²) < 4.78 is 13.6. The number of rotatable bonds is 8. The first-order valence-electron chi connectivity index (χ1n) is 11.5. The fourth-order valence-electron chi connectivity index (χ4n) is 3.85. The molecule has 0 saturated carbocycles. The van der Waals surface area contributed by atoms with E-state index in [9.17, 15) is 4.39 Å². The molecule has 34 heavy (non-hydrogen) atoms. The fraction of sp³-hybridized carbons (Fsp3) is 0.259. The first-order chi connectivity index (χ1) is 16.5. The summed E-state index contributed by atoms with van der Waals surface area (Å²) in [6.45, 7) is 11.9. The highest BCUT2D eigenvalue weighted by Gasteiger charge is 2.21. The number of aromatic nitrogens is 1. The number of anilines is 1. The highest BCUT2D eigenvalue weighted by atomic mass is 32.1. The monoisotopic (exact) mass is 475 g/mol. The Morgan fingerprint density at radius 2 is 1.88 bits per heavy atom. The molecule has 3 aromatic rings. The minimum atomic E-state index is -0.266. The van der Waals surface area contributed by atoms with Crippen molar-refractivity contribution in [2.24, 2.45) is 4.99 Å². The van der Waals surface area contributed by atoms with Gasteiger partial charge >= 0.3 is 0 Å². The van der Waals surface area contributed by atoms with E-state index in [0.29, 0.717) is 5.82 Å². The van der Waals surface area contributed by atoms with Gasteiger partial charge in [0.15, 0.2) is 5.13 Å². The zero-order valence-electron chi connectivity index (χ0n) is 19.6. The third-order valence-corrected chi connectivity index (χ3v) is 6.75. The van der Waals surface area contributed by atoms with Gasteiger partial charge in [0.1, 0.15) is 11.6 Å². The molecule has 0 amide bonds. The van der Waals surface area contributed by atoms with Gasteiger partial charge in [-0.1, -0.05) is 54.3 Å². The van der Waals surface area contributed by atoms with E-state index in [-0.39, 0.29) is 11.9 Å². The predicted molar refractivity (Wildman–Crippen MR) is 141 cm³/mol. The molecule has 2 heterocycles. The SMILES string of the molecule is C=C(/N=C(\C=C/C)c1sc(N2CCNCC2)nc1-c1ccc(F)cc1)NC(C)c1ccccc1. The first-order valence-corrected chi connectivity index (χ1v) is 12.3. The quantitative estimate of drug-likeness (QED) is 0.420. The number of halogens is 1. The largest absolute Gasteiger partial charge is 0.364 e. The molecule has 0 radical (unpaired) electrons. The molecule has 1 unspecified atom stereocenters. The molecule has 2 N–H and O–H groups in total. The highest BCUT2D eigenvalue weighted by Crippen LogP contribution is 2.34. The summed E-state index contributed by atoms with van der Waals surface area (Å²) in [4.78, 5) is 13.1. The van der Waals surface area contributed by atoms with Crippen LogP contribution in [0.25, 0.3) is 11.3 Å². The Labute approximate surface area is 204 Å². The van der Waals surface area contributed by atoms with E-state index in [0.717, 1.165) is 58.7 Å². The molecule has 5 nitrogen and oxygen atoms in total. The molecular weight excluding hydrogens is 445 g/mol. The summed E-state index contributed by atoms with van der Waals surface area (Å²) in [5.41, 5.74) is 3.61. The van der Waals surface area contributed by atoms with Crippen LogP contribution in [0.4, 0.5) is 9.52 Å². The molecule has 1 aromatic heterocycles. The van der Waals surface area contributed by atoms with Gasteiger partial charge in [-0.15, -0.1) is 0 Å². The van der Waals surface area contributed by atoms with E-state index in [2.05, 4.69) is 41.2 Å². The number of piperazine rings is 1. The first kappa shape index (κ1) is 23.9. The lowest BCUT2D eigenvalue weighted by atomic mass is 10.1. The van der Waals surface area contributed by atoms with Crippen LogP contribution >= 0.6 is 11.3 Å². The van der Waals surface area contributed by atoms with Crippen molar-refractivity contribution >= 4 is 22.2 Å². The van der Waals surface area contributed by atoms with E-state index in [1.54, 1.807) is 23.5 Å². The van der Waals surface area contributed by atoms with Gasteiger partial charge in [-0.25, -0.2) is 14.4 Å². The van der Waals surface area contributed by atoms with Crippen molar-refractivity contribution in [2.75, 3.05) is 31.1 Å². The Morgan fingerprint density at radius 1 is 1.18 bits per heavy atom. The molecule has 0 spiro atoms. The van der Waals surface area contributed by atoms with E-state index in [1.165, 1.54) is 12.1 Å². The van der Waals surface area contributed by atoms with Crippen molar-refractivity contribution in [3.63, 3.8) is 0 Å². The van der Waals surface area contributed by atoms with Crippen LogP contribution in [0.2, 0.25) is 0 Å². The van der Waals surface area contributed by atoms with Crippen molar-refractivity contribution in [1.29, 1.82) is 0 Å². The van der Waals surface area contributed by atoms with Crippen LogP contribution in [0.1, 0.15) is 30.3 Å². The van der Waals surface area contributed by atoms with Crippen LogP contribution in [-0.4, -0.2) is 36.9 Å². The third kappa shape index (κ3) is 5.79. The molecule has 1 aliphatic heterocycles. The van der Waals surface area contributed by atoms with E-state index in [4.69, 9.17) is 9.98 Å². The van der Waals surface area contributed by atoms with Crippen molar-refractivity contribution in [2.45, 2.75) is 19.9 Å². The van der Waals surface area contributed by atoms with Crippen LogP contribution in [-0.2, 0) is 0 Å². The minimum Gasteiger partial charge on any atom is -0.364 e. The Hall–Kier alpha value is -3.29. The molecule has 2 aromatic carbocycles. The number of hydrogen-bond donors (Lipinski definition) is 2. The van der Waals surface area contributed by atoms with Gasteiger partial charge in [0.25, 0.3) is 0 Å². The predicted octanol–water partition coefficient (Wildman–Crippen LogP) is 5.55. The maximum Gasteiger partial charge on any atom is 0.186 e. The Kier molecular flexibility index (Phi) is 7.87.